The van der Waals surface area contributed by atoms with Gasteiger partial charge in [0.05, 0.1) is 29.5 Å². The summed E-state index contributed by atoms with van der Waals surface area (Å²) in [6.45, 7) is 5.78. The van der Waals surface area contributed by atoms with Crippen LogP contribution in [0.25, 0.3) is 0 Å². The van der Waals surface area contributed by atoms with E-state index in [0.717, 1.165) is 20.5 Å². The SMILES string of the molecule is CCOc1ccc(N(CC(=O)N/N=C/c2ccc(OC(C)C)cc2)S(=O)(=O)c2ccc(SC)cc2)cc1. The minimum atomic E-state index is -4.03. The number of anilines is 1. The Balaban J connectivity index is 1.78. The summed E-state index contributed by atoms with van der Waals surface area (Å²) in [5, 5.41) is 3.99. The van der Waals surface area contributed by atoms with Crippen LogP contribution >= 0.6 is 11.8 Å². The lowest BCUT2D eigenvalue weighted by molar-refractivity contribution is -0.119. The number of nitrogens with one attached hydrogen (secondary N) is 1. The van der Waals surface area contributed by atoms with Gasteiger partial charge in [-0.05, 0) is 105 Å². The highest BCUT2D eigenvalue weighted by Crippen LogP contribution is 2.27. The monoisotopic (exact) mass is 541 g/mol. The Morgan fingerprint density at radius 1 is 1.00 bits per heavy atom. The Morgan fingerprint density at radius 3 is 2.19 bits per heavy atom. The highest BCUT2D eigenvalue weighted by Gasteiger charge is 2.27. The van der Waals surface area contributed by atoms with E-state index in [1.165, 1.54) is 30.1 Å². The Morgan fingerprint density at radius 2 is 1.62 bits per heavy atom. The molecule has 0 unspecified atom stereocenters. The van der Waals surface area contributed by atoms with E-state index < -0.39 is 22.5 Å². The Kier molecular flexibility index (Phi) is 9.99. The van der Waals surface area contributed by atoms with Gasteiger partial charge in [-0.15, -0.1) is 11.8 Å². The quantitative estimate of drug-likeness (QED) is 0.198. The number of ether oxygens (including phenoxy) is 2. The number of hydrogen-bond donors (Lipinski definition) is 1. The maximum atomic E-state index is 13.5. The van der Waals surface area contributed by atoms with Crippen molar-refractivity contribution < 1.29 is 22.7 Å². The number of carbonyl (C=O) groups excluding carboxylic acids is 1. The van der Waals surface area contributed by atoms with Crippen LogP contribution in [-0.4, -0.2) is 46.1 Å². The van der Waals surface area contributed by atoms with Crippen LogP contribution in [0.15, 0.2) is 87.7 Å². The van der Waals surface area contributed by atoms with Crippen LogP contribution in [-0.2, 0) is 14.8 Å². The molecule has 0 heterocycles. The fourth-order valence-electron chi connectivity index (χ4n) is 3.31. The number of rotatable bonds is 12. The van der Waals surface area contributed by atoms with Crippen LogP contribution in [0.1, 0.15) is 26.3 Å². The van der Waals surface area contributed by atoms with E-state index >= 15 is 0 Å². The number of sulfonamides is 1. The molecule has 0 aliphatic rings. The zero-order chi connectivity index (χ0) is 26.8. The molecule has 0 bridgehead atoms. The number of amides is 1. The maximum absolute atomic E-state index is 13.5. The lowest BCUT2D eigenvalue weighted by Gasteiger charge is -2.24. The van der Waals surface area contributed by atoms with Crippen molar-refractivity contribution >= 4 is 39.6 Å². The summed E-state index contributed by atoms with van der Waals surface area (Å²) in [5.74, 6) is 0.749. The van der Waals surface area contributed by atoms with Gasteiger partial charge in [0.15, 0.2) is 0 Å². The van der Waals surface area contributed by atoms with Gasteiger partial charge < -0.3 is 9.47 Å². The Hall–Kier alpha value is -3.50. The van der Waals surface area contributed by atoms with Gasteiger partial charge in [-0.2, -0.15) is 5.10 Å². The van der Waals surface area contributed by atoms with E-state index in [9.17, 15) is 13.2 Å². The van der Waals surface area contributed by atoms with Crippen LogP contribution in [0.4, 0.5) is 5.69 Å². The zero-order valence-electron chi connectivity index (χ0n) is 21.2. The molecular weight excluding hydrogens is 510 g/mol. The van der Waals surface area contributed by atoms with E-state index in [2.05, 4.69) is 10.5 Å². The normalized spacial score (nSPS) is 11.5. The van der Waals surface area contributed by atoms with Crippen molar-refractivity contribution in [3.63, 3.8) is 0 Å². The van der Waals surface area contributed by atoms with Crippen LogP contribution in [0.5, 0.6) is 11.5 Å². The van der Waals surface area contributed by atoms with E-state index in [0.29, 0.717) is 18.0 Å². The van der Waals surface area contributed by atoms with E-state index in [4.69, 9.17) is 9.47 Å². The van der Waals surface area contributed by atoms with Crippen molar-refractivity contribution in [3.8, 4) is 11.5 Å². The summed E-state index contributed by atoms with van der Waals surface area (Å²) in [4.78, 5) is 13.8. The van der Waals surface area contributed by atoms with Crippen molar-refractivity contribution in [1.29, 1.82) is 0 Å². The van der Waals surface area contributed by atoms with Gasteiger partial charge >= 0.3 is 0 Å². The first-order valence-corrected chi connectivity index (χ1v) is 14.4. The minimum absolute atomic E-state index is 0.0666. The average Bonchev–Trinajstić information content (AvgIpc) is 2.89. The molecule has 3 rings (SSSR count). The third-order valence-electron chi connectivity index (χ3n) is 5.03. The van der Waals surface area contributed by atoms with Crippen LogP contribution < -0.4 is 19.2 Å². The molecule has 3 aromatic rings. The second kappa shape index (κ2) is 13.2. The van der Waals surface area contributed by atoms with E-state index in [1.807, 2.05) is 51.3 Å². The second-order valence-electron chi connectivity index (χ2n) is 8.14. The predicted octanol–water partition coefficient (Wildman–Crippen LogP) is 4.94. The molecule has 0 fully saturated rings. The number of benzene rings is 3. The van der Waals surface area contributed by atoms with Gasteiger partial charge in [0.25, 0.3) is 15.9 Å². The molecule has 196 valence electrons. The number of nitrogens with zero attached hydrogens (tertiary/aromatic N) is 2. The van der Waals surface area contributed by atoms with Gasteiger partial charge in [-0.3, -0.25) is 9.10 Å². The molecule has 0 aliphatic heterocycles. The molecular formula is C27H31N3O5S2. The molecule has 0 aliphatic carbocycles. The van der Waals surface area contributed by atoms with Crippen LogP contribution in [0.3, 0.4) is 0 Å². The second-order valence-corrected chi connectivity index (χ2v) is 10.9. The molecule has 8 nitrogen and oxygen atoms in total. The summed E-state index contributed by atoms with van der Waals surface area (Å²) in [6.07, 6.45) is 3.46. The summed E-state index contributed by atoms with van der Waals surface area (Å²) < 4.78 is 39.2. The average molecular weight is 542 g/mol. The molecule has 3 aromatic carbocycles. The van der Waals surface area contributed by atoms with Crippen molar-refractivity contribution in [3.05, 3.63) is 78.4 Å². The van der Waals surface area contributed by atoms with Crippen molar-refractivity contribution in [2.45, 2.75) is 36.7 Å². The van der Waals surface area contributed by atoms with E-state index in [-0.39, 0.29) is 11.0 Å². The number of carbonyl (C=O) groups is 1. The largest absolute Gasteiger partial charge is 0.494 e. The fourth-order valence-corrected chi connectivity index (χ4v) is 5.14. The Labute approximate surface area is 222 Å². The lowest BCUT2D eigenvalue weighted by Crippen LogP contribution is -2.39. The van der Waals surface area contributed by atoms with Gasteiger partial charge in [-0.25, -0.2) is 13.8 Å². The first-order valence-electron chi connectivity index (χ1n) is 11.7. The smallest absolute Gasteiger partial charge is 0.264 e. The summed E-state index contributed by atoms with van der Waals surface area (Å²) >= 11 is 1.51. The molecule has 1 amide bonds. The highest BCUT2D eigenvalue weighted by atomic mass is 32.2. The molecule has 0 aromatic heterocycles. The first kappa shape index (κ1) is 28.1. The molecule has 0 saturated heterocycles. The standard InChI is InChI=1S/C27H31N3O5S2/c1-5-34-23-12-8-22(9-13-23)30(37(32,33)26-16-14-25(36-4)15-17-26)19-27(31)29-28-18-21-6-10-24(11-7-21)35-20(2)3/h6-18,20H,5,19H2,1-4H3,(H,29,31)/b28-18+. The van der Waals surface area contributed by atoms with Crippen LogP contribution in [0, 0.1) is 0 Å². The van der Waals surface area contributed by atoms with Crippen LogP contribution in [0.2, 0.25) is 0 Å². The lowest BCUT2D eigenvalue weighted by atomic mass is 10.2. The molecule has 10 heteroatoms. The summed E-state index contributed by atoms with van der Waals surface area (Å²) in [5.41, 5.74) is 3.50. The molecule has 0 radical (unpaired) electrons. The zero-order valence-corrected chi connectivity index (χ0v) is 22.9. The number of hydrazone groups is 1. The first-order chi connectivity index (χ1) is 17.7. The molecule has 37 heavy (non-hydrogen) atoms. The van der Waals surface area contributed by atoms with Crippen molar-refractivity contribution in [2.75, 3.05) is 23.7 Å². The molecule has 0 spiro atoms. The van der Waals surface area contributed by atoms with Gasteiger partial charge in [0.1, 0.15) is 18.0 Å². The minimum Gasteiger partial charge on any atom is -0.494 e. The topological polar surface area (TPSA) is 97.3 Å². The van der Waals surface area contributed by atoms with Gasteiger partial charge in [0, 0.05) is 4.90 Å². The predicted molar refractivity (Wildman–Crippen MR) is 148 cm³/mol. The molecule has 0 atom stereocenters. The maximum Gasteiger partial charge on any atom is 0.264 e. The van der Waals surface area contributed by atoms with Crippen molar-refractivity contribution in [2.24, 2.45) is 5.10 Å². The summed E-state index contributed by atoms with van der Waals surface area (Å²) in [6, 6.07) is 20.3. The third kappa shape index (κ3) is 7.99. The highest BCUT2D eigenvalue weighted by molar-refractivity contribution is 7.98. The Bertz CT molecular complexity index is 1290. The number of hydrogen-bond acceptors (Lipinski definition) is 7. The van der Waals surface area contributed by atoms with E-state index in [1.54, 1.807) is 36.4 Å². The fraction of sp³-hybridized carbons (Fsp3) is 0.259. The third-order valence-corrected chi connectivity index (χ3v) is 7.56. The van der Waals surface area contributed by atoms with Gasteiger partial charge in [0.2, 0.25) is 0 Å². The number of thioether (sulfide) groups is 1. The molecule has 1 N–H and O–H groups in total. The molecule has 0 saturated carbocycles. The van der Waals surface area contributed by atoms with Gasteiger partial charge in [-0.1, -0.05) is 0 Å². The van der Waals surface area contributed by atoms with Crippen molar-refractivity contribution in [1.82, 2.24) is 5.43 Å². The summed E-state index contributed by atoms with van der Waals surface area (Å²) in [7, 11) is -4.03.